The summed E-state index contributed by atoms with van der Waals surface area (Å²) in [7, 11) is 3.69. The van der Waals surface area contributed by atoms with Crippen molar-refractivity contribution < 1.29 is 9.59 Å². The van der Waals surface area contributed by atoms with Crippen LogP contribution >= 0.6 is 0 Å². The van der Waals surface area contributed by atoms with Gasteiger partial charge in [0, 0.05) is 37.5 Å². The molecule has 0 spiro atoms. The minimum absolute atomic E-state index is 0.185. The Labute approximate surface area is 153 Å². The molecule has 0 aliphatic carbocycles. The molecule has 0 unspecified atom stereocenters. The zero-order chi connectivity index (χ0) is 18.5. The number of hydrogen-bond donors (Lipinski definition) is 2. The number of fused-ring (bicyclic) bond motifs is 1. The minimum Gasteiger partial charge on any atom is -0.355 e. The van der Waals surface area contributed by atoms with Crippen LogP contribution < -0.4 is 10.6 Å². The Balaban J connectivity index is 1.67. The summed E-state index contributed by atoms with van der Waals surface area (Å²) in [4.78, 5) is 26.1. The van der Waals surface area contributed by atoms with Crippen LogP contribution in [0.4, 0.5) is 5.69 Å². The van der Waals surface area contributed by atoms with Crippen LogP contribution in [0.25, 0.3) is 6.08 Å². The fraction of sp³-hybridized carbons (Fsp3) is 0.238. The average molecular weight is 349 g/mol. The summed E-state index contributed by atoms with van der Waals surface area (Å²) in [6, 6.07) is 13.2. The number of benzene rings is 2. The van der Waals surface area contributed by atoms with Gasteiger partial charge in [0.1, 0.15) is 0 Å². The molecule has 5 heteroatoms. The molecule has 2 aromatic rings. The van der Waals surface area contributed by atoms with Crippen LogP contribution in [-0.2, 0) is 17.8 Å². The quantitative estimate of drug-likeness (QED) is 0.835. The highest BCUT2D eigenvalue weighted by Crippen LogP contribution is 2.20. The van der Waals surface area contributed by atoms with Gasteiger partial charge in [-0.3, -0.25) is 9.59 Å². The average Bonchev–Trinajstić information content (AvgIpc) is 2.65. The Hall–Kier alpha value is -2.92. The first-order chi connectivity index (χ1) is 12.5. The van der Waals surface area contributed by atoms with Crippen molar-refractivity contribution in [2.24, 2.45) is 0 Å². The van der Waals surface area contributed by atoms with E-state index in [-0.39, 0.29) is 11.8 Å². The van der Waals surface area contributed by atoms with Crippen molar-refractivity contribution in [1.29, 1.82) is 0 Å². The number of carbonyl (C=O) groups is 2. The van der Waals surface area contributed by atoms with Gasteiger partial charge in [0.15, 0.2) is 0 Å². The van der Waals surface area contributed by atoms with Crippen molar-refractivity contribution in [2.45, 2.75) is 13.0 Å². The molecule has 3 rings (SSSR count). The van der Waals surface area contributed by atoms with E-state index in [0.717, 1.165) is 25.1 Å². The van der Waals surface area contributed by atoms with Gasteiger partial charge in [-0.1, -0.05) is 24.3 Å². The zero-order valence-corrected chi connectivity index (χ0v) is 15.1. The third-order valence-electron chi connectivity index (χ3n) is 4.48. The first-order valence-corrected chi connectivity index (χ1v) is 8.67. The van der Waals surface area contributed by atoms with Crippen LogP contribution in [0.5, 0.6) is 0 Å². The third kappa shape index (κ3) is 4.37. The maximum absolute atomic E-state index is 12.2. The lowest BCUT2D eigenvalue weighted by Gasteiger charge is -2.25. The summed E-state index contributed by atoms with van der Waals surface area (Å²) in [6.07, 6.45) is 4.39. The van der Waals surface area contributed by atoms with Gasteiger partial charge in [-0.15, -0.1) is 0 Å². The molecule has 26 heavy (non-hydrogen) atoms. The van der Waals surface area contributed by atoms with Gasteiger partial charge < -0.3 is 15.5 Å². The van der Waals surface area contributed by atoms with Crippen molar-refractivity contribution in [3.05, 3.63) is 70.8 Å². The van der Waals surface area contributed by atoms with Crippen LogP contribution in [0.2, 0.25) is 0 Å². The number of likely N-dealkylation sites (N-methyl/N-ethyl adjacent to an activating group) is 1. The summed E-state index contributed by atoms with van der Waals surface area (Å²) in [5.41, 5.74) is 4.81. The number of rotatable bonds is 4. The van der Waals surface area contributed by atoms with E-state index >= 15 is 0 Å². The second kappa shape index (κ2) is 7.97. The van der Waals surface area contributed by atoms with E-state index in [0.29, 0.717) is 11.3 Å². The molecule has 134 valence electrons. The fourth-order valence-electron chi connectivity index (χ4n) is 3.06. The minimum atomic E-state index is -0.228. The van der Waals surface area contributed by atoms with Gasteiger partial charge in [0.25, 0.3) is 5.91 Å². The molecule has 0 atom stereocenters. The van der Waals surface area contributed by atoms with Crippen LogP contribution in [-0.4, -0.2) is 37.4 Å². The SMILES string of the molecule is CNC(=O)c1cccc(NC(=O)/C=C/c2ccc3c(c2)CN(C)CC3)c1. The maximum atomic E-state index is 12.2. The molecule has 5 nitrogen and oxygen atoms in total. The van der Waals surface area contributed by atoms with Crippen molar-refractivity contribution in [3.8, 4) is 0 Å². The largest absolute Gasteiger partial charge is 0.355 e. The Morgan fingerprint density at radius 1 is 1.12 bits per heavy atom. The first-order valence-electron chi connectivity index (χ1n) is 8.67. The molecule has 0 saturated carbocycles. The van der Waals surface area contributed by atoms with Crippen LogP contribution in [0.15, 0.2) is 48.5 Å². The van der Waals surface area contributed by atoms with Crippen LogP contribution in [0, 0.1) is 0 Å². The number of nitrogens with zero attached hydrogens (tertiary/aromatic N) is 1. The summed E-state index contributed by atoms with van der Waals surface area (Å²) in [5, 5.41) is 5.35. The van der Waals surface area contributed by atoms with E-state index in [4.69, 9.17) is 0 Å². The predicted octanol–water partition coefficient (Wildman–Crippen LogP) is 2.69. The van der Waals surface area contributed by atoms with Gasteiger partial charge >= 0.3 is 0 Å². The normalized spacial score (nSPS) is 14.1. The van der Waals surface area contributed by atoms with Gasteiger partial charge in [-0.05, 0) is 54.4 Å². The van der Waals surface area contributed by atoms with Crippen molar-refractivity contribution in [2.75, 3.05) is 26.0 Å². The highest BCUT2D eigenvalue weighted by Gasteiger charge is 2.12. The lowest BCUT2D eigenvalue weighted by Crippen LogP contribution is -2.26. The summed E-state index contributed by atoms with van der Waals surface area (Å²) >= 11 is 0. The predicted molar refractivity (Wildman–Crippen MR) is 104 cm³/mol. The molecule has 0 saturated heterocycles. The van der Waals surface area contributed by atoms with Gasteiger partial charge in [-0.2, -0.15) is 0 Å². The zero-order valence-electron chi connectivity index (χ0n) is 15.1. The molecule has 2 amide bonds. The third-order valence-corrected chi connectivity index (χ3v) is 4.48. The van der Waals surface area contributed by atoms with Crippen LogP contribution in [0.1, 0.15) is 27.0 Å². The van der Waals surface area contributed by atoms with Crippen molar-refractivity contribution >= 4 is 23.6 Å². The molecular weight excluding hydrogens is 326 g/mol. The maximum Gasteiger partial charge on any atom is 0.251 e. The molecule has 0 fully saturated rings. The number of anilines is 1. The molecule has 0 aromatic heterocycles. The first kappa shape index (κ1) is 17.9. The molecule has 1 heterocycles. The van der Waals surface area contributed by atoms with E-state index in [9.17, 15) is 9.59 Å². The lowest BCUT2D eigenvalue weighted by molar-refractivity contribution is -0.111. The van der Waals surface area contributed by atoms with E-state index in [1.165, 1.54) is 17.2 Å². The highest BCUT2D eigenvalue weighted by atomic mass is 16.2. The fourth-order valence-corrected chi connectivity index (χ4v) is 3.06. The molecule has 0 radical (unpaired) electrons. The molecule has 2 aromatic carbocycles. The monoisotopic (exact) mass is 349 g/mol. The van der Waals surface area contributed by atoms with E-state index in [1.54, 1.807) is 31.3 Å². The topological polar surface area (TPSA) is 61.4 Å². The van der Waals surface area contributed by atoms with Gasteiger partial charge in [-0.25, -0.2) is 0 Å². The van der Waals surface area contributed by atoms with E-state index in [1.807, 2.05) is 12.1 Å². The molecule has 1 aliphatic rings. The summed E-state index contributed by atoms with van der Waals surface area (Å²) < 4.78 is 0. The Morgan fingerprint density at radius 3 is 2.77 bits per heavy atom. The smallest absolute Gasteiger partial charge is 0.251 e. The second-order valence-electron chi connectivity index (χ2n) is 6.50. The standard InChI is InChI=1S/C21H23N3O2/c1-22-21(26)17-4-3-5-19(13-17)23-20(25)9-7-15-6-8-16-10-11-24(2)14-18(16)12-15/h3-9,12-13H,10-11,14H2,1-2H3,(H,22,26)(H,23,25)/b9-7+. The Kier molecular flexibility index (Phi) is 5.49. The number of amides is 2. The van der Waals surface area contributed by atoms with E-state index in [2.05, 4.69) is 34.7 Å². The Bertz CT molecular complexity index is 858. The van der Waals surface area contributed by atoms with Crippen molar-refractivity contribution in [3.63, 3.8) is 0 Å². The summed E-state index contributed by atoms with van der Waals surface area (Å²) in [5.74, 6) is -0.412. The molecule has 0 bridgehead atoms. The number of carbonyl (C=O) groups excluding carboxylic acids is 2. The molecular formula is C21H23N3O2. The number of nitrogens with one attached hydrogen (secondary N) is 2. The van der Waals surface area contributed by atoms with Crippen LogP contribution in [0.3, 0.4) is 0 Å². The van der Waals surface area contributed by atoms with Crippen molar-refractivity contribution in [1.82, 2.24) is 10.2 Å². The molecule has 2 N–H and O–H groups in total. The van der Waals surface area contributed by atoms with Gasteiger partial charge in [0.2, 0.25) is 5.91 Å². The lowest BCUT2D eigenvalue weighted by atomic mass is 9.97. The molecule has 1 aliphatic heterocycles. The number of hydrogen-bond acceptors (Lipinski definition) is 3. The summed E-state index contributed by atoms with van der Waals surface area (Å²) in [6.45, 7) is 2.02. The Morgan fingerprint density at radius 2 is 1.96 bits per heavy atom. The highest BCUT2D eigenvalue weighted by molar-refractivity contribution is 6.03. The van der Waals surface area contributed by atoms with Gasteiger partial charge in [0.05, 0.1) is 0 Å². The second-order valence-corrected chi connectivity index (χ2v) is 6.50. The van der Waals surface area contributed by atoms with E-state index < -0.39 is 0 Å².